The Bertz CT molecular complexity index is 248. The van der Waals surface area contributed by atoms with Gasteiger partial charge in [0.1, 0.15) is 0 Å². The van der Waals surface area contributed by atoms with E-state index in [-0.39, 0.29) is 5.91 Å². The quantitative estimate of drug-likeness (QED) is 0.659. The van der Waals surface area contributed by atoms with E-state index in [4.69, 9.17) is 0 Å². The van der Waals surface area contributed by atoms with Crippen LogP contribution in [0.3, 0.4) is 0 Å². The minimum atomic E-state index is 0.106. The highest BCUT2D eigenvalue weighted by molar-refractivity contribution is 5.77. The van der Waals surface area contributed by atoms with Gasteiger partial charge < -0.3 is 16.0 Å². The summed E-state index contributed by atoms with van der Waals surface area (Å²) in [7, 11) is 0. The van der Waals surface area contributed by atoms with Crippen molar-refractivity contribution in [2.75, 3.05) is 19.6 Å². The molecule has 0 saturated carbocycles. The van der Waals surface area contributed by atoms with E-state index in [0.29, 0.717) is 24.5 Å². The predicted octanol–water partition coefficient (Wildman–Crippen LogP) is 1.66. The Morgan fingerprint density at radius 3 is 2.79 bits per heavy atom. The zero-order valence-electron chi connectivity index (χ0n) is 12.8. The number of carbonyl (C=O) groups excluding carboxylic acids is 1. The molecule has 0 radical (unpaired) electrons. The Hall–Kier alpha value is -0.610. The first-order valence-corrected chi connectivity index (χ1v) is 7.81. The summed E-state index contributed by atoms with van der Waals surface area (Å²) in [5, 5.41) is 9.86. The largest absolute Gasteiger partial charge is 0.355 e. The van der Waals surface area contributed by atoms with Gasteiger partial charge in [-0.15, -0.1) is 0 Å². The van der Waals surface area contributed by atoms with Gasteiger partial charge in [0.2, 0.25) is 5.91 Å². The van der Waals surface area contributed by atoms with Crippen LogP contribution in [0.15, 0.2) is 0 Å². The number of carbonyl (C=O) groups is 1. The maximum Gasteiger partial charge on any atom is 0.233 e. The molecule has 1 amide bonds. The second kappa shape index (κ2) is 9.32. The van der Waals surface area contributed by atoms with Crippen LogP contribution in [-0.2, 0) is 4.79 Å². The average molecular weight is 269 g/mol. The van der Waals surface area contributed by atoms with Crippen LogP contribution >= 0.6 is 0 Å². The lowest BCUT2D eigenvalue weighted by atomic mass is 10.0. The van der Waals surface area contributed by atoms with Crippen LogP contribution < -0.4 is 16.0 Å². The van der Waals surface area contributed by atoms with Crippen molar-refractivity contribution >= 4 is 5.91 Å². The van der Waals surface area contributed by atoms with Crippen LogP contribution in [0.4, 0.5) is 0 Å². The zero-order chi connectivity index (χ0) is 14.1. The fraction of sp³-hybridized carbons (Fsp3) is 0.933. The third-order valence-electron chi connectivity index (χ3n) is 3.62. The first-order valence-electron chi connectivity index (χ1n) is 7.81. The first kappa shape index (κ1) is 16.4. The smallest absolute Gasteiger partial charge is 0.233 e. The van der Waals surface area contributed by atoms with Crippen LogP contribution in [0.25, 0.3) is 0 Å². The van der Waals surface area contributed by atoms with Crippen LogP contribution in [0.2, 0.25) is 0 Å². The minimum Gasteiger partial charge on any atom is -0.355 e. The molecule has 1 fully saturated rings. The number of rotatable bonds is 7. The Morgan fingerprint density at radius 1 is 1.26 bits per heavy atom. The van der Waals surface area contributed by atoms with Crippen LogP contribution in [0.5, 0.6) is 0 Å². The van der Waals surface area contributed by atoms with Crippen molar-refractivity contribution in [1.82, 2.24) is 16.0 Å². The summed E-state index contributed by atoms with van der Waals surface area (Å²) in [6, 6.07) is 1.00. The highest BCUT2D eigenvalue weighted by atomic mass is 16.1. The van der Waals surface area contributed by atoms with E-state index in [1.54, 1.807) is 0 Å². The summed E-state index contributed by atoms with van der Waals surface area (Å²) < 4.78 is 0. The molecule has 1 heterocycles. The lowest BCUT2D eigenvalue weighted by molar-refractivity contribution is -0.120. The standard InChI is InChI=1S/C15H31N3O/c1-12(2)10-18-15(19)11-17-13(3)9-14-7-5-4-6-8-16-14/h12-14,16-17H,4-11H2,1-3H3,(H,18,19). The highest BCUT2D eigenvalue weighted by Gasteiger charge is 2.15. The third-order valence-corrected chi connectivity index (χ3v) is 3.62. The lowest BCUT2D eigenvalue weighted by Crippen LogP contribution is -2.42. The maximum absolute atomic E-state index is 11.6. The molecule has 3 N–H and O–H groups in total. The van der Waals surface area contributed by atoms with Gasteiger partial charge in [-0.3, -0.25) is 4.79 Å². The Balaban J connectivity index is 2.12. The second-order valence-electron chi connectivity index (χ2n) is 6.22. The van der Waals surface area contributed by atoms with E-state index in [0.717, 1.165) is 19.5 Å². The summed E-state index contributed by atoms with van der Waals surface area (Å²) >= 11 is 0. The SMILES string of the molecule is CC(C)CNC(=O)CNC(C)CC1CCCCCN1. The molecule has 1 aliphatic rings. The van der Waals surface area contributed by atoms with E-state index < -0.39 is 0 Å². The fourth-order valence-electron chi connectivity index (χ4n) is 2.46. The molecular formula is C15H31N3O. The molecule has 1 aliphatic heterocycles. The normalized spacial score (nSPS) is 22.0. The summed E-state index contributed by atoms with van der Waals surface area (Å²) in [5.41, 5.74) is 0. The molecule has 1 rings (SSSR count). The summed E-state index contributed by atoms with van der Waals surface area (Å²) in [6.07, 6.45) is 6.36. The van der Waals surface area contributed by atoms with Crippen molar-refractivity contribution in [3.63, 3.8) is 0 Å². The molecule has 0 bridgehead atoms. The topological polar surface area (TPSA) is 53.2 Å². The molecule has 0 aliphatic carbocycles. The summed E-state index contributed by atoms with van der Waals surface area (Å²) in [6.45, 7) is 8.72. The molecule has 2 atom stereocenters. The van der Waals surface area contributed by atoms with E-state index in [2.05, 4.69) is 36.7 Å². The van der Waals surface area contributed by atoms with Gasteiger partial charge in [-0.05, 0) is 38.6 Å². The van der Waals surface area contributed by atoms with Gasteiger partial charge in [0.25, 0.3) is 0 Å². The predicted molar refractivity (Wildman–Crippen MR) is 80.2 cm³/mol. The van der Waals surface area contributed by atoms with Crippen LogP contribution in [-0.4, -0.2) is 37.6 Å². The third kappa shape index (κ3) is 8.22. The number of amides is 1. The molecule has 4 nitrogen and oxygen atoms in total. The van der Waals surface area contributed by atoms with Gasteiger partial charge in [-0.2, -0.15) is 0 Å². The highest BCUT2D eigenvalue weighted by Crippen LogP contribution is 2.12. The monoisotopic (exact) mass is 269 g/mol. The molecule has 2 unspecified atom stereocenters. The lowest BCUT2D eigenvalue weighted by Gasteiger charge is -2.21. The molecule has 0 aromatic rings. The fourth-order valence-corrected chi connectivity index (χ4v) is 2.46. The molecule has 0 aromatic heterocycles. The summed E-state index contributed by atoms with van der Waals surface area (Å²) in [5.74, 6) is 0.617. The molecular weight excluding hydrogens is 238 g/mol. The van der Waals surface area contributed by atoms with Gasteiger partial charge in [0.15, 0.2) is 0 Å². The van der Waals surface area contributed by atoms with Crippen LogP contribution in [0.1, 0.15) is 52.9 Å². The van der Waals surface area contributed by atoms with Gasteiger partial charge in [0, 0.05) is 18.6 Å². The van der Waals surface area contributed by atoms with E-state index >= 15 is 0 Å². The van der Waals surface area contributed by atoms with Gasteiger partial charge >= 0.3 is 0 Å². The molecule has 112 valence electrons. The van der Waals surface area contributed by atoms with Crippen molar-refractivity contribution in [3.05, 3.63) is 0 Å². The van der Waals surface area contributed by atoms with Crippen molar-refractivity contribution in [1.29, 1.82) is 0 Å². The van der Waals surface area contributed by atoms with E-state index in [1.807, 2.05) is 0 Å². The van der Waals surface area contributed by atoms with Crippen molar-refractivity contribution in [2.45, 2.75) is 65.0 Å². The van der Waals surface area contributed by atoms with Crippen molar-refractivity contribution < 1.29 is 4.79 Å². The molecule has 19 heavy (non-hydrogen) atoms. The van der Waals surface area contributed by atoms with Gasteiger partial charge in [-0.1, -0.05) is 26.7 Å². The molecule has 4 heteroatoms. The number of hydrogen-bond donors (Lipinski definition) is 3. The molecule has 0 aromatic carbocycles. The van der Waals surface area contributed by atoms with Gasteiger partial charge in [-0.25, -0.2) is 0 Å². The maximum atomic E-state index is 11.6. The summed E-state index contributed by atoms with van der Waals surface area (Å²) in [4.78, 5) is 11.6. The molecule has 0 spiro atoms. The van der Waals surface area contributed by atoms with Crippen molar-refractivity contribution in [3.8, 4) is 0 Å². The number of nitrogens with one attached hydrogen (secondary N) is 3. The van der Waals surface area contributed by atoms with Crippen molar-refractivity contribution in [2.24, 2.45) is 5.92 Å². The zero-order valence-corrected chi connectivity index (χ0v) is 12.8. The van der Waals surface area contributed by atoms with E-state index in [1.165, 1.54) is 25.7 Å². The Labute approximate surface area is 118 Å². The Morgan fingerprint density at radius 2 is 2.05 bits per heavy atom. The van der Waals surface area contributed by atoms with Gasteiger partial charge in [0.05, 0.1) is 6.54 Å². The Kier molecular flexibility index (Phi) is 8.07. The van der Waals surface area contributed by atoms with Crippen LogP contribution in [0, 0.1) is 5.92 Å². The minimum absolute atomic E-state index is 0.106. The number of hydrogen-bond acceptors (Lipinski definition) is 3. The molecule has 1 saturated heterocycles. The average Bonchev–Trinajstić information content (AvgIpc) is 2.62. The van der Waals surface area contributed by atoms with E-state index in [9.17, 15) is 4.79 Å². The first-order chi connectivity index (χ1) is 9.08. The second-order valence-corrected chi connectivity index (χ2v) is 6.22.